The maximum atomic E-state index is 12.7. The van der Waals surface area contributed by atoms with Crippen LogP contribution in [0.15, 0.2) is 54.6 Å². The third-order valence-corrected chi connectivity index (χ3v) is 4.61. The van der Waals surface area contributed by atoms with Gasteiger partial charge in [-0.25, -0.2) is 0 Å². The summed E-state index contributed by atoms with van der Waals surface area (Å²) in [6.07, 6.45) is 2.12. The van der Waals surface area contributed by atoms with E-state index in [2.05, 4.69) is 15.8 Å². The van der Waals surface area contributed by atoms with Crippen LogP contribution in [0.2, 0.25) is 0 Å². The van der Waals surface area contributed by atoms with E-state index in [9.17, 15) is 19.7 Å². The van der Waals surface area contributed by atoms with Gasteiger partial charge in [-0.1, -0.05) is 18.2 Å². The summed E-state index contributed by atoms with van der Waals surface area (Å²) in [7, 11) is 0. The van der Waals surface area contributed by atoms with Gasteiger partial charge in [-0.05, 0) is 37.1 Å². The Morgan fingerprint density at radius 3 is 2.36 bits per heavy atom. The molecule has 140 valence electrons. The molecule has 0 bridgehead atoms. The van der Waals surface area contributed by atoms with Gasteiger partial charge >= 0.3 is 0 Å². The van der Waals surface area contributed by atoms with E-state index in [1.54, 1.807) is 6.07 Å². The molecule has 1 fully saturated rings. The molecule has 2 amide bonds. The monoisotopic (exact) mass is 376 g/mol. The van der Waals surface area contributed by atoms with E-state index < -0.39 is 16.7 Å². The number of carbonyl (C=O) groups is 2. The lowest BCUT2D eigenvalue weighted by atomic mass is 10.1. The third-order valence-electron chi connectivity index (χ3n) is 4.61. The van der Waals surface area contributed by atoms with Crippen molar-refractivity contribution in [1.29, 1.82) is 0 Å². The molecule has 1 heterocycles. The smallest absolute Gasteiger partial charge is 0.267 e. The number of nitro benzene ring substituents is 1. The zero-order valence-electron chi connectivity index (χ0n) is 14.7. The fourth-order valence-corrected chi connectivity index (χ4v) is 2.96. The largest absolute Gasteiger partial charge is 0.270 e. The van der Waals surface area contributed by atoms with Crippen LogP contribution in [0.5, 0.6) is 0 Å². The van der Waals surface area contributed by atoms with Crippen LogP contribution < -0.4 is 10.9 Å². The highest BCUT2D eigenvalue weighted by Crippen LogP contribution is 2.40. The van der Waals surface area contributed by atoms with Gasteiger partial charge in [0, 0.05) is 34.7 Å². The van der Waals surface area contributed by atoms with E-state index in [-0.39, 0.29) is 11.3 Å². The van der Waals surface area contributed by atoms with Crippen molar-refractivity contribution in [3.8, 4) is 0 Å². The van der Waals surface area contributed by atoms with Crippen LogP contribution in [-0.4, -0.2) is 21.7 Å². The second kappa shape index (κ2) is 7.07. The molecule has 28 heavy (non-hydrogen) atoms. The van der Waals surface area contributed by atoms with Gasteiger partial charge < -0.3 is 0 Å². The third kappa shape index (κ3) is 3.52. The predicted molar refractivity (Wildman–Crippen MR) is 102 cm³/mol. The molecule has 1 aromatic heterocycles. The highest BCUT2D eigenvalue weighted by atomic mass is 16.6. The summed E-state index contributed by atoms with van der Waals surface area (Å²) < 4.78 is 0. The first-order valence-electron chi connectivity index (χ1n) is 8.78. The van der Waals surface area contributed by atoms with E-state index >= 15 is 0 Å². The van der Waals surface area contributed by atoms with Gasteiger partial charge in [-0.2, -0.15) is 0 Å². The van der Waals surface area contributed by atoms with Crippen molar-refractivity contribution in [2.24, 2.45) is 0 Å². The average molecular weight is 376 g/mol. The fourth-order valence-electron chi connectivity index (χ4n) is 2.96. The van der Waals surface area contributed by atoms with E-state index in [4.69, 9.17) is 0 Å². The Bertz CT molecular complexity index is 1090. The zero-order valence-corrected chi connectivity index (χ0v) is 14.7. The van der Waals surface area contributed by atoms with Crippen molar-refractivity contribution in [2.75, 3.05) is 0 Å². The van der Waals surface area contributed by atoms with E-state index in [1.807, 2.05) is 24.3 Å². The highest BCUT2D eigenvalue weighted by molar-refractivity contribution is 6.07. The van der Waals surface area contributed by atoms with Gasteiger partial charge in [-0.15, -0.1) is 0 Å². The Morgan fingerprint density at radius 2 is 1.68 bits per heavy atom. The summed E-state index contributed by atoms with van der Waals surface area (Å²) in [6, 6.07) is 14.2. The summed E-state index contributed by atoms with van der Waals surface area (Å²) in [5, 5.41) is 11.4. The maximum Gasteiger partial charge on any atom is 0.270 e. The first-order valence-corrected chi connectivity index (χ1v) is 8.78. The summed E-state index contributed by atoms with van der Waals surface area (Å²) in [5.74, 6) is -0.634. The second-order valence-electron chi connectivity index (χ2n) is 6.60. The average Bonchev–Trinajstić information content (AvgIpc) is 3.56. The lowest BCUT2D eigenvalue weighted by Gasteiger charge is -2.11. The molecule has 0 unspecified atom stereocenters. The number of nitro groups is 1. The van der Waals surface area contributed by atoms with E-state index in [1.165, 1.54) is 24.3 Å². The van der Waals surface area contributed by atoms with Crippen LogP contribution in [0.25, 0.3) is 10.9 Å². The quantitative estimate of drug-likeness (QED) is 0.536. The lowest BCUT2D eigenvalue weighted by molar-refractivity contribution is -0.384. The Morgan fingerprint density at radius 1 is 1.00 bits per heavy atom. The molecular formula is C20H16N4O4. The number of non-ortho nitro benzene ring substituents is 1. The Kier molecular flexibility index (Phi) is 4.44. The molecule has 1 aliphatic rings. The Balaban J connectivity index is 1.52. The number of pyridine rings is 1. The minimum absolute atomic E-state index is 0.114. The molecule has 0 aliphatic heterocycles. The topological polar surface area (TPSA) is 114 Å². The van der Waals surface area contributed by atoms with Crippen molar-refractivity contribution in [2.45, 2.75) is 18.8 Å². The number of nitrogens with one attached hydrogen (secondary N) is 2. The molecule has 1 aliphatic carbocycles. The van der Waals surface area contributed by atoms with Crippen molar-refractivity contribution >= 4 is 28.4 Å². The number of amides is 2. The summed E-state index contributed by atoms with van der Waals surface area (Å²) in [5.41, 5.74) is 6.90. The number of para-hydroxylation sites is 1. The van der Waals surface area contributed by atoms with Gasteiger partial charge in [0.15, 0.2) is 0 Å². The van der Waals surface area contributed by atoms with Gasteiger partial charge in [-0.3, -0.25) is 35.5 Å². The molecule has 8 nitrogen and oxygen atoms in total. The molecule has 2 N–H and O–H groups in total. The van der Waals surface area contributed by atoms with Crippen LogP contribution in [0.1, 0.15) is 45.2 Å². The molecular weight excluding hydrogens is 360 g/mol. The molecule has 8 heteroatoms. The Hall–Kier alpha value is -3.81. The number of rotatable bonds is 4. The van der Waals surface area contributed by atoms with Crippen LogP contribution in [0.3, 0.4) is 0 Å². The Labute approximate surface area is 159 Å². The molecule has 3 aromatic rings. The SMILES string of the molecule is O=C(NNC(=O)c1cc(C2CC2)nc2ccccc12)c1ccc([N+](=O)[O-])cc1. The summed E-state index contributed by atoms with van der Waals surface area (Å²) >= 11 is 0. The summed E-state index contributed by atoms with van der Waals surface area (Å²) in [6.45, 7) is 0. The standard InChI is InChI=1S/C20H16N4O4/c25-19(13-7-9-14(10-8-13)24(27)28)22-23-20(26)16-11-18(12-5-6-12)21-17-4-2-1-3-15(16)17/h1-4,7-12H,5-6H2,(H,22,25)(H,23,26). The van der Waals surface area contributed by atoms with Gasteiger partial charge in [0.05, 0.1) is 16.0 Å². The van der Waals surface area contributed by atoms with Crippen molar-refractivity contribution in [3.05, 3.63) is 81.5 Å². The number of benzene rings is 2. The second-order valence-corrected chi connectivity index (χ2v) is 6.60. The lowest BCUT2D eigenvalue weighted by Crippen LogP contribution is -2.41. The number of hydrogen-bond acceptors (Lipinski definition) is 5. The molecule has 0 spiro atoms. The number of carbonyl (C=O) groups excluding carboxylic acids is 2. The fraction of sp³-hybridized carbons (Fsp3) is 0.150. The van der Waals surface area contributed by atoms with Crippen LogP contribution >= 0.6 is 0 Å². The number of hydrogen-bond donors (Lipinski definition) is 2. The number of aromatic nitrogens is 1. The number of fused-ring (bicyclic) bond motifs is 1. The minimum atomic E-state index is -0.566. The van der Waals surface area contributed by atoms with Crippen LogP contribution in [0, 0.1) is 10.1 Å². The van der Waals surface area contributed by atoms with Gasteiger partial charge in [0.1, 0.15) is 0 Å². The van der Waals surface area contributed by atoms with E-state index in [0.717, 1.165) is 24.1 Å². The molecule has 1 saturated carbocycles. The molecule has 0 saturated heterocycles. The maximum absolute atomic E-state index is 12.7. The molecule has 0 radical (unpaired) electrons. The first kappa shape index (κ1) is 17.6. The van der Waals surface area contributed by atoms with E-state index in [0.29, 0.717) is 16.9 Å². The minimum Gasteiger partial charge on any atom is -0.267 e. The highest BCUT2D eigenvalue weighted by Gasteiger charge is 2.27. The normalized spacial score (nSPS) is 13.1. The summed E-state index contributed by atoms with van der Waals surface area (Å²) in [4.78, 5) is 39.7. The van der Waals surface area contributed by atoms with Gasteiger partial charge in [0.25, 0.3) is 17.5 Å². The number of nitrogens with zero attached hydrogens (tertiary/aromatic N) is 2. The predicted octanol–water partition coefficient (Wildman–Crippen LogP) is 3.10. The molecule has 4 rings (SSSR count). The van der Waals surface area contributed by atoms with Gasteiger partial charge in [0.2, 0.25) is 0 Å². The number of hydrazine groups is 1. The van der Waals surface area contributed by atoms with Crippen LogP contribution in [0.4, 0.5) is 5.69 Å². The van der Waals surface area contributed by atoms with Crippen molar-refractivity contribution in [1.82, 2.24) is 15.8 Å². The molecule has 2 aromatic carbocycles. The van der Waals surface area contributed by atoms with Crippen LogP contribution in [-0.2, 0) is 0 Å². The molecule has 0 atom stereocenters. The van der Waals surface area contributed by atoms with Crippen molar-refractivity contribution < 1.29 is 14.5 Å². The van der Waals surface area contributed by atoms with Crippen molar-refractivity contribution in [3.63, 3.8) is 0 Å². The zero-order chi connectivity index (χ0) is 19.7. The first-order chi connectivity index (χ1) is 13.5.